The van der Waals surface area contributed by atoms with Crippen LogP contribution in [0, 0.1) is 5.92 Å². The van der Waals surface area contributed by atoms with E-state index in [1.165, 1.54) is 0 Å². The van der Waals surface area contributed by atoms with Crippen molar-refractivity contribution in [1.82, 2.24) is 25.1 Å². The number of amides is 1. The smallest absolute Gasteiger partial charge is 0.223 e. The second-order valence-corrected chi connectivity index (χ2v) is 6.77. The number of hydrogen-bond acceptors (Lipinski definition) is 6. The number of carbonyl (C=O) groups excluding carboxylic acids is 1. The molecule has 1 aliphatic rings. The van der Waals surface area contributed by atoms with Crippen LogP contribution >= 0.6 is 12.4 Å². The first-order valence-electron chi connectivity index (χ1n) is 9.05. The molecule has 0 radical (unpaired) electrons. The Balaban J connectivity index is 0.00000243. The van der Waals surface area contributed by atoms with Crippen LogP contribution in [0.25, 0.3) is 5.65 Å². The third-order valence-corrected chi connectivity index (χ3v) is 5.47. The van der Waals surface area contributed by atoms with Gasteiger partial charge in [-0.2, -0.15) is 4.52 Å². The second-order valence-electron chi connectivity index (χ2n) is 6.77. The Bertz CT molecular complexity index is 714. The number of nitrogens with zero attached hydrogens (tertiary/aromatic N) is 5. The Kier molecular flexibility index (Phi) is 6.77. The summed E-state index contributed by atoms with van der Waals surface area (Å²) in [5.74, 6) is 1.07. The van der Waals surface area contributed by atoms with E-state index in [0.717, 1.165) is 50.2 Å². The molecule has 1 amide bonds. The topological polar surface area (TPSA) is 101 Å². The molecule has 0 aliphatic carbocycles. The fraction of sp³-hybridized carbons (Fsp3) is 0.647. The van der Waals surface area contributed by atoms with Crippen molar-refractivity contribution in [2.24, 2.45) is 11.7 Å². The minimum Gasteiger partial charge on any atom is -0.355 e. The monoisotopic (exact) mass is 381 g/mol. The molecule has 8 nitrogen and oxygen atoms in total. The highest BCUT2D eigenvalue weighted by Gasteiger charge is 2.32. The Morgan fingerprint density at radius 3 is 2.62 bits per heavy atom. The average molecular weight is 382 g/mol. The molecule has 0 saturated carbocycles. The molecule has 0 unspecified atom stereocenters. The SMILES string of the molecule is CCC(CC)(CN)NC(=O)C1CCN(c2ccc3nncn3n2)CC1.Cl. The third-order valence-electron chi connectivity index (χ3n) is 5.47. The standard InChI is InChI=1S/C17H27N7O.ClH/c1-3-17(4-2,11-18)20-16(25)13-7-9-23(10-8-13)15-6-5-14-21-19-12-24(14)22-15;/h5-6,12-13H,3-4,7-11,18H2,1-2H3,(H,20,25);1H. The maximum absolute atomic E-state index is 12.7. The van der Waals surface area contributed by atoms with Gasteiger partial charge in [0.25, 0.3) is 0 Å². The average Bonchev–Trinajstić information content (AvgIpc) is 3.14. The van der Waals surface area contributed by atoms with Gasteiger partial charge in [-0.05, 0) is 37.8 Å². The lowest BCUT2D eigenvalue weighted by molar-refractivity contribution is -0.127. The number of anilines is 1. The Labute approximate surface area is 159 Å². The maximum atomic E-state index is 12.7. The van der Waals surface area contributed by atoms with Gasteiger partial charge in [-0.3, -0.25) is 4.79 Å². The summed E-state index contributed by atoms with van der Waals surface area (Å²) in [5.41, 5.74) is 6.36. The lowest BCUT2D eigenvalue weighted by atomic mass is 9.89. The molecular formula is C17H28ClN7O. The molecule has 26 heavy (non-hydrogen) atoms. The predicted octanol–water partition coefficient (Wildman–Crippen LogP) is 1.40. The van der Waals surface area contributed by atoms with Gasteiger partial charge in [0, 0.05) is 25.6 Å². The van der Waals surface area contributed by atoms with E-state index in [9.17, 15) is 4.79 Å². The summed E-state index contributed by atoms with van der Waals surface area (Å²) in [7, 11) is 0. The lowest BCUT2D eigenvalue weighted by Gasteiger charge is -2.36. The molecule has 0 bridgehead atoms. The van der Waals surface area contributed by atoms with Crippen molar-refractivity contribution in [2.75, 3.05) is 24.5 Å². The molecule has 3 rings (SSSR count). The van der Waals surface area contributed by atoms with Gasteiger partial charge in [-0.1, -0.05) is 13.8 Å². The zero-order valence-corrected chi connectivity index (χ0v) is 16.2. The fourth-order valence-corrected chi connectivity index (χ4v) is 3.39. The van der Waals surface area contributed by atoms with Crippen LogP contribution in [-0.2, 0) is 4.79 Å². The van der Waals surface area contributed by atoms with Crippen molar-refractivity contribution in [2.45, 2.75) is 45.1 Å². The van der Waals surface area contributed by atoms with Crippen LogP contribution < -0.4 is 16.0 Å². The lowest BCUT2D eigenvalue weighted by Crippen LogP contribution is -2.55. The first-order chi connectivity index (χ1) is 12.1. The van der Waals surface area contributed by atoms with Crippen LogP contribution in [0.5, 0.6) is 0 Å². The number of rotatable bonds is 6. The first-order valence-corrected chi connectivity index (χ1v) is 9.05. The van der Waals surface area contributed by atoms with Crippen molar-refractivity contribution in [3.63, 3.8) is 0 Å². The van der Waals surface area contributed by atoms with Gasteiger partial charge in [0.2, 0.25) is 5.91 Å². The van der Waals surface area contributed by atoms with E-state index in [1.807, 2.05) is 12.1 Å². The van der Waals surface area contributed by atoms with Crippen LogP contribution in [-0.4, -0.2) is 50.9 Å². The highest BCUT2D eigenvalue weighted by molar-refractivity contribution is 5.85. The number of halogens is 1. The highest BCUT2D eigenvalue weighted by atomic mass is 35.5. The summed E-state index contributed by atoms with van der Waals surface area (Å²) in [5, 5.41) is 15.6. The van der Waals surface area contributed by atoms with E-state index >= 15 is 0 Å². The summed E-state index contributed by atoms with van der Waals surface area (Å²) in [4.78, 5) is 14.9. The molecule has 2 aromatic heterocycles. The van der Waals surface area contributed by atoms with Gasteiger partial charge in [0.05, 0.1) is 5.54 Å². The molecule has 3 N–H and O–H groups in total. The third kappa shape index (κ3) is 4.07. The summed E-state index contributed by atoms with van der Waals surface area (Å²) in [6.45, 7) is 6.25. The van der Waals surface area contributed by atoms with E-state index in [1.54, 1.807) is 10.8 Å². The summed E-state index contributed by atoms with van der Waals surface area (Å²) < 4.78 is 1.67. The van der Waals surface area contributed by atoms with Crippen LogP contribution in [0.3, 0.4) is 0 Å². The summed E-state index contributed by atoms with van der Waals surface area (Å²) in [6.07, 6.45) is 4.95. The molecular weight excluding hydrogens is 354 g/mol. The zero-order valence-electron chi connectivity index (χ0n) is 15.4. The van der Waals surface area contributed by atoms with Crippen LogP contribution in [0.4, 0.5) is 5.82 Å². The van der Waals surface area contributed by atoms with Gasteiger partial charge >= 0.3 is 0 Å². The van der Waals surface area contributed by atoms with Gasteiger partial charge in [-0.25, -0.2) is 0 Å². The van der Waals surface area contributed by atoms with E-state index in [0.29, 0.717) is 6.54 Å². The van der Waals surface area contributed by atoms with Crippen LogP contribution in [0.15, 0.2) is 18.5 Å². The number of carbonyl (C=O) groups is 1. The largest absolute Gasteiger partial charge is 0.355 e. The minimum atomic E-state index is -0.269. The van der Waals surface area contributed by atoms with Gasteiger partial charge in [0.15, 0.2) is 5.65 Å². The molecule has 0 aromatic carbocycles. The van der Waals surface area contributed by atoms with Gasteiger partial charge < -0.3 is 16.0 Å². The number of piperidine rings is 1. The zero-order chi connectivity index (χ0) is 17.9. The van der Waals surface area contributed by atoms with Crippen LogP contribution in [0.2, 0.25) is 0 Å². The number of hydrogen-bond donors (Lipinski definition) is 2. The first kappa shape index (κ1) is 20.4. The predicted molar refractivity (Wildman–Crippen MR) is 103 cm³/mol. The van der Waals surface area contributed by atoms with Crippen molar-refractivity contribution < 1.29 is 4.79 Å². The summed E-state index contributed by atoms with van der Waals surface area (Å²) >= 11 is 0. The highest BCUT2D eigenvalue weighted by Crippen LogP contribution is 2.23. The van der Waals surface area contributed by atoms with Crippen LogP contribution in [0.1, 0.15) is 39.5 Å². The van der Waals surface area contributed by atoms with Crippen molar-refractivity contribution in [3.05, 3.63) is 18.5 Å². The van der Waals surface area contributed by atoms with Crippen molar-refractivity contribution in [3.8, 4) is 0 Å². The molecule has 9 heteroatoms. The number of fused-ring (bicyclic) bond motifs is 1. The second kappa shape index (κ2) is 8.64. The molecule has 1 aliphatic heterocycles. The molecule has 1 fully saturated rings. The summed E-state index contributed by atoms with van der Waals surface area (Å²) in [6, 6.07) is 3.87. The number of nitrogens with one attached hydrogen (secondary N) is 1. The van der Waals surface area contributed by atoms with E-state index < -0.39 is 0 Å². The van der Waals surface area contributed by atoms with Crippen molar-refractivity contribution >= 4 is 29.8 Å². The van der Waals surface area contributed by atoms with E-state index in [4.69, 9.17) is 5.73 Å². The molecule has 2 aromatic rings. The number of aromatic nitrogens is 4. The molecule has 1 saturated heterocycles. The minimum absolute atomic E-state index is 0. The van der Waals surface area contributed by atoms with Crippen molar-refractivity contribution in [1.29, 1.82) is 0 Å². The fourth-order valence-electron chi connectivity index (χ4n) is 3.39. The van der Waals surface area contributed by atoms with Gasteiger partial charge in [0.1, 0.15) is 12.1 Å². The van der Waals surface area contributed by atoms with E-state index in [2.05, 4.69) is 39.4 Å². The Hall–Kier alpha value is -1.93. The van der Waals surface area contributed by atoms with E-state index in [-0.39, 0.29) is 29.8 Å². The molecule has 3 heterocycles. The maximum Gasteiger partial charge on any atom is 0.223 e. The Morgan fingerprint density at radius 1 is 1.31 bits per heavy atom. The normalized spacial score (nSPS) is 15.7. The number of nitrogens with two attached hydrogens (primary N) is 1. The quantitative estimate of drug-likeness (QED) is 0.784. The molecule has 144 valence electrons. The molecule has 0 spiro atoms. The Morgan fingerprint density at radius 2 is 2.00 bits per heavy atom. The van der Waals surface area contributed by atoms with Gasteiger partial charge in [-0.15, -0.1) is 27.7 Å². The molecule has 0 atom stereocenters.